The lowest BCUT2D eigenvalue weighted by molar-refractivity contribution is -0.143. The normalized spacial score (nSPS) is 16.0. The zero-order valence-electron chi connectivity index (χ0n) is 13.4. The van der Waals surface area contributed by atoms with Crippen LogP contribution >= 0.6 is 0 Å². The van der Waals surface area contributed by atoms with Crippen LogP contribution in [0.25, 0.3) is 0 Å². The molecule has 0 aliphatic carbocycles. The van der Waals surface area contributed by atoms with Crippen molar-refractivity contribution in [2.24, 2.45) is 17.8 Å². The molecule has 113 valence electrons. The Kier molecular flexibility index (Phi) is 11.0. The van der Waals surface area contributed by atoms with Gasteiger partial charge in [0.05, 0.1) is 6.42 Å². The smallest absolute Gasteiger partial charge is 0.247 e. The summed E-state index contributed by atoms with van der Waals surface area (Å²) in [5.74, 6) is 1.30. The lowest BCUT2D eigenvalue weighted by Crippen LogP contribution is -2.02. The number of rotatable bonds is 12. The molecule has 2 heteroatoms. The first-order valence-corrected chi connectivity index (χ1v) is 8.15. The van der Waals surface area contributed by atoms with Gasteiger partial charge in [0.2, 0.25) is 0 Å². The molecule has 3 atom stereocenters. The Balaban J connectivity index is 3.46. The van der Waals surface area contributed by atoms with Gasteiger partial charge in [0.25, 0.3) is 0 Å². The number of hydrogen-bond acceptors (Lipinski definition) is 1. The van der Waals surface area contributed by atoms with Gasteiger partial charge in [-0.25, -0.2) is 9.90 Å². The summed E-state index contributed by atoms with van der Waals surface area (Å²) in [6.07, 6.45) is 10.0. The van der Waals surface area contributed by atoms with Gasteiger partial charge >= 0.3 is 5.97 Å². The summed E-state index contributed by atoms with van der Waals surface area (Å²) >= 11 is 0. The molecule has 0 aliphatic heterocycles. The number of carbonyl (C=O) groups excluding carboxylic acids is 1. The average molecular weight is 269 g/mol. The molecular formula is C17H33O2. The van der Waals surface area contributed by atoms with E-state index in [1.807, 2.05) is 0 Å². The Morgan fingerprint density at radius 1 is 0.789 bits per heavy atom. The van der Waals surface area contributed by atoms with E-state index in [0.29, 0.717) is 5.92 Å². The summed E-state index contributed by atoms with van der Waals surface area (Å²) in [5.41, 5.74) is 0. The zero-order chi connectivity index (χ0) is 14.7. The van der Waals surface area contributed by atoms with Crippen LogP contribution in [-0.4, -0.2) is 5.97 Å². The number of hydrogen-bond donors (Lipinski definition) is 0. The van der Waals surface area contributed by atoms with Crippen LogP contribution in [0, 0.1) is 17.8 Å². The summed E-state index contributed by atoms with van der Waals surface area (Å²) in [4.78, 5) is 10.4. The Labute approximate surface area is 120 Å². The van der Waals surface area contributed by atoms with Crippen molar-refractivity contribution in [2.45, 2.75) is 85.5 Å². The minimum atomic E-state index is -0.912. The van der Waals surface area contributed by atoms with Crippen molar-refractivity contribution in [1.29, 1.82) is 0 Å². The molecule has 3 unspecified atom stereocenters. The molecule has 0 rings (SSSR count). The van der Waals surface area contributed by atoms with Gasteiger partial charge < -0.3 is 0 Å². The topological polar surface area (TPSA) is 37.0 Å². The second-order valence-corrected chi connectivity index (χ2v) is 6.50. The van der Waals surface area contributed by atoms with Gasteiger partial charge in [-0.05, 0) is 24.2 Å². The van der Waals surface area contributed by atoms with Gasteiger partial charge in [0.1, 0.15) is 0 Å². The SMILES string of the molecule is CCC(C)CCCC(C)CCCC(C)CCC([O])=O. The second-order valence-electron chi connectivity index (χ2n) is 6.50. The Bertz CT molecular complexity index is 225. The van der Waals surface area contributed by atoms with E-state index in [-0.39, 0.29) is 6.42 Å². The number of carbonyl (C=O) groups is 1. The maximum atomic E-state index is 10.4. The van der Waals surface area contributed by atoms with Gasteiger partial charge in [-0.2, -0.15) is 0 Å². The minimum Gasteiger partial charge on any atom is -0.247 e. The molecule has 0 saturated heterocycles. The van der Waals surface area contributed by atoms with E-state index in [4.69, 9.17) is 0 Å². The lowest BCUT2D eigenvalue weighted by Gasteiger charge is -2.15. The fraction of sp³-hybridized carbons (Fsp3) is 0.941. The van der Waals surface area contributed by atoms with E-state index in [1.54, 1.807) is 0 Å². The highest BCUT2D eigenvalue weighted by atomic mass is 16.4. The van der Waals surface area contributed by atoms with Crippen LogP contribution in [0.5, 0.6) is 0 Å². The molecule has 0 aromatic heterocycles. The van der Waals surface area contributed by atoms with Crippen LogP contribution in [-0.2, 0) is 9.90 Å². The first-order chi connectivity index (χ1) is 8.95. The van der Waals surface area contributed by atoms with Crippen molar-refractivity contribution in [3.63, 3.8) is 0 Å². The third-order valence-electron chi connectivity index (χ3n) is 4.33. The van der Waals surface area contributed by atoms with Crippen LogP contribution < -0.4 is 0 Å². The van der Waals surface area contributed by atoms with E-state index in [0.717, 1.165) is 24.7 Å². The molecule has 0 saturated carbocycles. The molecule has 0 aromatic rings. The molecule has 1 radical (unpaired) electrons. The summed E-state index contributed by atoms with van der Waals surface area (Å²) < 4.78 is 0. The third-order valence-corrected chi connectivity index (χ3v) is 4.33. The highest BCUT2D eigenvalue weighted by molar-refractivity contribution is 5.66. The van der Waals surface area contributed by atoms with E-state index in [1.165, 1.54) is 38.5 Å². The molecule has 0 aliphatic rings. The fourth-order valence-corrected chi connectivity index (χ4v) is 2.49. The molecule has 0 N–H and O–H groups in total. The molecule has 0 bridgehead atoms. The largest absolute Gasteiger partial charge is 0.355 e. The van der Waals surface area contributed by atoms with Gasteiger partial charge in [-0.15, -0.1) is 0 Å². The fourth-order valence-electron chi connectivity index (χ4n) is 2.49. The molecular weight excluding hydrogens is 236 g/mol. The summed E-state index contributed by atoms with van der Waals surface area (Å²) in [5, 5.41) is 10.4. The van der Waals surface area contributed by atoms with Crippen LogP contribution in [0.2, 0.25) is 0 Å². The zero-order valence-corrected chi connectivity index (χ0v) is 13.4. The van der Waals surface area contributed by atoms with E-state index >= 15 is 0 Å². The van der Waals surface area contributed by atoms with Crippen molar-refractivity contribution >= 4 is 5.97 Å². The summed E-state index contributed by atoms with van der Waals surface area (Å²) in [6, 6.07) is 0. The average Bonchev–Trinajstić information content (AvgIpc) is 2.36. The van der Waals surface area contributed by atoms with Crippen molar-refractivity contribution < 1.29 is 9.90 Å². The van der Waals surface area contributed by atoms with Crippen LogP contribution in [0.3, 0.4) is 0 Å². The standard InChI is InChI=1S/C17H33O2/c1-5-14(2)8-6-9-15(3)10-7-11-16(4)12-13-17(18)19/h14-16H,5-13H2,1-4H3. The third kappa shape index (κ3) is 12.3. The molecule has 19 heavy (non-hydrogen) atoms. The maximum Gasteiger partial charge on any atom is 0.355 e. The molecule has 0 amide bonds. The van der Waals surface area contributed by atoms with E-state index < -0.39 is 5.97 Å². The minimum absolute atomic E-state index is 0.214. The van der Waals surface area contributed by atoms with Gasteiger partial charge in [-0.3, -0.25) is 0 Å². The van der Waals surface area contributed by atoms with Gasteiger partial charge in [-0.1, -0.05) is 72.6 Å². The van der Waals surface area contributed by atoms with E-state index in [9.17, 15) is 9.90 Å². The summed E-state index contributed by atoms with van der Waals surface area (Å²) in [6.45, 7) is 9.10. The molecule has 0 spiro atoms. The van der Waals surface area contributed by atoms with E-state index in [2.05, 4.69) is 27.7 Å². The van der Waals surface area contributed by atoms with Crippen molar-refractivity contribution in [3.05, 3.63) is 0 Å². The van der Waals surface area contributed by atoms with Crippen molar-refractivity contribution in [1.82, 2.24) is 0 Å². The Morgan fingerprint density at radius 2 is 1.21 bits per heavy atom. The van der Waals surface area contributed by atoms with Crippen LogP contribution in [0.15, 0.2) is 0 Å². The Morgan fingerprint density at radius 3 is 1.63 bits per heavy atom. The molecule has 2 nitrogen and oxygen atoms in total. The predicted molar refractivity (Wildman–Crippen MR) is 80.4 cm³/mol. The van der Waals surface area contributed by atoms with Crippen molar-refractivity contribution in [2.75, 3.05) is 0 Å². The van der Waals surface area contributed by atoms with Crippen LogP contribution in [0.4, 0.5) is 0 Å². The highest BCUT2D eigenvalue weighted by Crippen LogP contribution is 2.21. The molecule has 0 fully saturated rings. The second kappa shape index (κ2) is 11.3. The molecule has 0 aromatic carbocycles. The summed E-state index contributed by atoms with van der Waals surface area (Å²) in [7, 11) is 0. The van der Waals surface area contributed by atoms with Gasteiger partial charge in [0.15, 0.2) is 0 Å². The quantitative estimate of drug-likeness (QED) is 0.468. The maximum absolute atomic E-state index is 10.4. The van der Waals surface area contributed by atoms with Crippen molar-refractivity contribution in [3.8, 4) is 0 Å². The monoisotopic (exact) mass is 269 g/mol. The van der Waals surface area contributed by atoms with Gasteiger partial charge in [0, 0.05) is 0 Å². The predicted octanol–water partition coefficient (Wildman–Crippen LogP) is 5.38. The first-order valence-electron chi connectivity index (χ1n) is 8.15. The molecule has 0 heterocycles. The lowest BCUT2D eigenvalue weighted by atomic mass is 9.91. The van der Waals surface area contributed by atoms with Crippen LogP contribution in [0.1, 0.15) is 85.5 Å². The first kappa shape index (κ1) is 18.5. The highest BCUT2D eigenvalue weighted by Gasteiger charge is 2.08. The Hall–Kier alpha value is -0.530.